The van der Waals surface area contributed by atoms with Gasteiger partial charge in [0.1, 0.15) is 0 Å². The molecular formula is C16H34N2. The van der Waals surface area contributed by atoms with Crippen LogP contribution in [-0.2, 0) is 0 Å². The van der Waals surface area contributed by atoms with Crippen molar-refractivity contribution in [2.24, 2.45) is 11.8 Å². The third-order valence-electron chi connectivity index (χ3n) is 4.04. The molecule has 2 heteroatoms. The number of nitrogens with zero attached hydrogens (tertiary/aromatic N) is 1. The Morgan fingerprint density at radius 1 is 1.17 bits per heavy atom. The summed E-state index contributed by atoms with van der Waals surface area (Å²) in [6, 6.07) is 0.766. The van der Waals surface area contributed by atoms with Crippen molar-refractivity contribution < 1.29 is 0 Å². The Kier molecular flexibility index (Phi) is 7.92. The molecule has 1 saturated carbocycles. The van der Waals surface area contributed by atoms with E-state index in [1.807, 2.05) is 0 Å². The van der Waals surface area contributed by atoms with Crippen LogP contribution in [0.15, 0.2) is 0 Å². The Hall–Kier alpha value is -0.0800. The zero-order valence-electron chi connectivity index (χ0n) is 13.0. The number of rotatable bonds is 7. The van der Waals surface area contributed by atoms with Crippen LogP contribution in [0.1, 0.15) is 59.3 Å². The van der Waals surface area contributed by atoms with Crippen molar-refractivity contribution in [2.75, 3.05) is 26.7 Å². The molecule has 1 aliphatic carbocycles. The van der Waals surface area contributed by atoms with Crippen LogP contribution in [-0.4, -0.2) is 37.6 Å². The molecule has 0 bridgehead atoms. The standard InChI is InChI=1S/C16H34N2/c1-5-11-17-16-10-8-6-7-9-15(16)13-18(4)12-14(2)3/h14-17H,5-13H2,1-4H3. The summed E-state index contributed by atoms with van der Waals surface area (Å²) in [6.45, 7) is 10.6. The first-order chi connectivity index (χ1) is 8.63. The summed E-state index contributed by atoms with van der Waals surface area (Å²) in [5.41, 5.74) is 0. The monoisotopic (exact) mass is 254 g/mol. The Bertz CT molecular complexity index is 203. The third kappa shape index (κ3) is 6.19. The van der Waals surface area contributed by atoms with Crippen molar-refractivity contribution in [1.29, 1.82) is 0 Å². The van der Waals surface area contributed by atoms with Crippen molar-refractivity contribution >= 4 is 0 Å². The summed E-state index contributed by atoms with van der Waals surface area (Å²) in [4.78, 5) is 2.54. The summed E-state index contributed by atoms with van der Waals surface area (Å²) < 4.78 is 0. The van der Waals surface area contributed by atoms with Crippen LogP contribution >= 0.6 is 0 Å². The minimum Gasteiger partial charge on any atom is -0.314 e. The largest absolute Gasteiger partial charge is 0.314 e. The maximum Gasteiger partial charge on any atom is 0.0107 e. The molecule has 1 aliphatic rings. The van der Waals surface area contributed by atoms with Crippen LogP contribution in [0.3, 0.4) is 0 Å². The van der Waals surface area contributed by atoms with Crippen LogP contribution in [0, 0.1) is 11.8 Å². The normalized spacial score (nSPS) is 25.7. The molecule has 108 valence electrons. The van der Waals surface area contributed by atoms with E-state index in [1.54, 1.807) is 0 Å². The summed E-state index contributed by atoms with van der Waals surface area (Å²) in [5, 5.41) is 3.79. The number of hydrogen-bond donors (Lipinski definition) is 1. The van der Waals surface area contributed by atoms with Gasteiger partial charge in [-0.25, -0.2) is 0 Å². The average molecular weight is 254 g/mol. The van der Waals surface area contributed by atoms with E-state index in [-0.39, 0.29) is 0 Å². The lowest BCUT2D eigenvalue weighted by molar-refractivity contribution is 0.208. The van der Waals surface area contributed by atoms with Crippen molar-refractivity contribution in [1.82, 2.24) is 10.2 Å². The predicted molar refractivity (Wildman–Crippen MR) is 81.0 cm³/mol. The first-order valence-electron chi connectivity index (χ1n) is 8.05. The molecule has 2 atom stereocenters. The molecule has 0 aromatic carbocycles. The van der Waals surface area contributed by atoms with Gasteiger partial charge in [-0.05, 0) is 44.7 Å². The van der Waals surface area contributed by atoms with Gasteiger partial charge in [0.15, 0.2) is 0 Å². The zero-order chi connectivity index (χ0) is 13.4. The summed E-state index contributed by atoms with van der Waals surface area (Å²) in [6.07, 6.45) is 8.36. The molecule has 2 unspecified atom stereocenters. The summed E-state index contributed by atoms with van der Waals surface area (Å²) in [7, 11) is 2.29. The van der Waals surface area contributed by atoms with Gasteiger partial charge in [0.05, 0.1) is 0 Å². The molecule has 1 rings (SSSR count). The van der Waals surface area contributed by atoms with E-state index >= 15 is 0 Å². The van der Waals surface area contributed by atoms with E-state index < -0.39 is 0 Å². The molecule has 0 aromatic rings. The van der Waals surface area contributed by atoms with E-state index in [0.29, 0.717) is 0 Å². The van der Waals surface area contributed by atoms with Crippen LogP contribution in [0.25, 0.3) is 0 Å². The van der Waals surface area contributed by atoms with Crippen molar-refractivity contribution in [3.63, 3.8) is 0 Å². The van der Waals surface area contributed by atoms with E-state index in [0.717, 1.165) is 17.9 Å². The second-order valence-corrected chi connectivity index (χ2v) is 6.57. The van der Waals surface area contributed by atoms with Crippen molar-refractivity contribution in [3.8, 4) is 0 Å². The van der Waals surface area contributed by atoms with Gasteiger partial charge in [0.2, 0.25) is 0 Å². The molecule has 2 nitrogen and oxygen atoms in total. The molecule has 0 saturated heterocycles. The van der Waals surface area contributed by atoms with Crippen LogP contribution in [0.4, 0.5) is 0 Å². The van der Waals surface area contributed by atoms with Gasteiger partial charge < -0.3 is 10.2 Å². The fourth-order valence-electron chi connectivity index (χ4n) is 3.30. The second-order valence-electron chi connectivity index (χ2n) is 6.57. The first-order valence-corrected chi connectivity index (χ1v) is 8.05. The molecule has 18 heavy (non-hydrogen) atoms. The fraction of sp³-hybridized carbons (Fsp3) is 1.00. The first kappa shape index (κ1) is 16.0. The minimum atomic E-state index is 0.766. The van der Waals surface area contributed by atoms with Crippen molar-refractivity contribution in [2.45, 2.75) is 65.3 Å². The van der Waals surface area contributed by atoms with Crippen molar-refractivity contribution in [3.05, 3.63) is 0 Å². The smallest absolute Gasteiger partial charge is 0.0107 e. The van der Waals surface area contributed by atoms with Gasteiger partial charge in [0.25, 0.3) is 0 Å². The minimum absolute atomic E-state index is 0.766. The predicted octanol–water partition coefficient (Wildman–Crippen LogP) is 3.52. The summed E-state index contributed by atoms with van der Waals surface area (Å²) >= 11 is 0. The molecular weight excluding hydrogens is 220 g/mol. The molecule has 0 spiro atoms. The Morgan fingerprint density at radius 2 is 1.89 bits per heavy atom. The molecule has 0 amide bonds. The maximum atomic E-state index is 3.79. The quantitative estimate of drug-likeness (QED) is 0.699. The van der Waals surface area contributed by atoms with E-state index in [1.165, 1.54) is 58.2 Å². The number of nitrogens with one attached hydrogen (secondary N) is 1. The lowest BCUT2D eigenvalue weighted by atomic mass is 9.93. The zero-order valence-corrected chi connectivity index (χ0v) is 13.0. The van der Waals surface area contributed by atoms with Gasteiger partial charge in [0, 0.05) is 19.1 Å². The molecule has 0 aliphatic heterocycles. The highest BCUT2D eigenvalue weighted by atomic mass is 15.1. The molecule has 1 fully saturated rings. The molecule has 0 heterocycles. The van der Waals surface area contributed by atoms with E-state index in [4.69, 9.17) is 0 Å². The average Bonchev–Trinajstić information content (AvgIpc) is 2.51. The second kappa shape index (κ2) is 8.92. The number of hydrogen-bond acceptors (Lipinski definition) is 2. The highest BCUT2D eigenvalue weighted by Crippen LogP contribution is 2.24. The van der Waals surface area contributed by atoms with Gasteiger partial charge in [-0.1, -0.05) is 40.0 Å². The van der Waals surface area contributed by atoms with E-state index in [2.05, 4.69) is 38.0 Å². The Balaban J connectivity index is 2.44. The van der Waals surface area contributed by atoms with Gasteiger partial charge in [-0.3, -0.25) is 0 Å². The molecule has 0 radical (unpaired) electrons. The highest BCUT2D eigenvalue weighted by Gasteiger charge is 2.24. The van der Waals surface area contributed by atoms with Crippen LogP contribution < -0.4 is 5.32 Å². The Labute approximate surface area is 115 Å². The molecule has 0 aromatic heterocycles. The van der Waals surface area contributed by atoms with Gasteiger partial charge in [-0.2, -0.15) is 0 Å². The topological polar surface area (TPSA) is 15.3 Å². The molecule has 1 N–H and O–H groups in total. The van der Waals surface area contributed by atoms with Crippen LogP contribution in [0.5, 0.6) is 0 Å². The van der Waals surface area contributed by atoms with Gasteiger partial charge in [-0.15, -0.1) is 0 Å². The highest BCUT2D eigenvalue weighted by molar-refractivity contribution is 4.81. The van der Waals surface area contributed by atoms with E-state index in [9.17, 15) is 0 Å². The third-order valence-corrected chi connectivity index (χ3v) is 4.04. The SMILES string of the molecule is CCCNC1CCCCCC1CN(C)CC(C)C. The lowest BCUT2D eigenvalue weighted by Gasteiger charge is -2.31. The maximum absolute atomic E-state index is 3.79. The van der Waals surface area contributed by atoms with Crippen LogP contribution in [0.2, 0.25) is 0 Å². The lowest BCUT2D eigenvalue weighted by Crippen LogP contribution is -2.42. The van der Waals surface area contributed by atoms with Gasteiger partial charge >= 0.3 is 0 Å². The fourth-order valence-corrected chi connectivity index (χ4v) is 3.30. The summed E-state index contributed by atoms with van der Waals surface area (Å²) in [5.74, 6) is 1.64. The Morgan fingerprint density at radius 3 is 2.56 bits per heavy atom.